The second-order valence-electron chi connectivity index (χ2n) is 7.76. The molecule has 3 aromatic rings. The van der Waals surface area contributed by atoms with Crippen LogP contribution >= 0.6 is 22.9 Å². The Hall–Kier alpha value is -2.14. The molecule has 1 saturated heterocycles. The Kier molecular flexibility index (Phi) is 3.99. The molecule has 0 saturated carbocycles. The summed E-state index contributed by atoms with van der Waals surface area (Å²) in [5.41, 5.74) is 2.83. The lowest BCUT2D eigenvalue weighted by atomic mass is 9.96. The molecule has 156 valence electrons. The number of para-hydroxylation sites is 1. The van der Waals surface area contributed by atoms with E-state index in [0.29, 0.717) is 30.8 Å². The molecule has 6 rings (SSSR count). The van der Waals surface area contributed by atoms with Crippen LogP contribution in [0, 0.1) is 0 Å². The number of amides is 1. The van der Waals surface area contributed by atoms with Crippen LogP contribution in [-0.4, -0.2) is 46.8 Å². The standard InChI is InChI=1S/C19H17ClN4O4S2/c20-16-17(22-6-7-29-18(22)21-16)30(26,27)23-5-4-13-9-14(23)8-11-2-1-3-12-10-28-19(25)24(13)15(11)12/h1-3,6-7,13-14H,4-5,8-10H2. The summed E-state index contributed by atoms with van der Waals surface area (Å²) in [6, 6.07) is 5.49. The number of ether oxygens (including phenoxy) is 1. The topological polar surface area (TPSA) is 84.2 Å². The molecule has 1 amide bonds. The molecule has 0 aliphatic carbocycles. The molecule has 0 spiro atoms. The minimum atomic E-state index is -3.87. The van der Waals surface area contributed by atoms with Crippen LogP contribution in [0.25, 0.3) is 4.96 Å². The summed E-state index contributed by atoms with van der Waals surface area (Å²) in [5.74, 6) is 0. The van der Waals surface area contributed by atoms with Gasteiger partial charge in [0.1, 0.15) is 6.61 Å². The lowest BCUT2D eigenvalue weighted by molar-refractivity contribution is 0.134. The summed E-state index contributed by atoms with van der Waals surface area (Å²) in [7, 11) is -3.87. The van der Waals surface area contributed by atoms with Crippen LogP contribution in [0.15, 0.2) is 34.8 Å². The largest absolute Gasteiger partial charge is 0.444 e. The zero-order chi connectivity index (χ0) is 20.6. The van der Waals surface area contributed by atoms with Gasteiger partial charge in [-0.25, -0.2) is 18.2 Å². The zero-order valence-electron chi connectivity index (χ0n) is 15.7. The Morgan fingerprint density at radius 2 is 2.07 bits per heavy atom. The van der Waals surface area contributed by atoms with Crippen molar-refractivity contribution in [1.82, 2.24) is 13.7 Å². The molecule has 0 N–H and O–H groups in total. The third-order valence-corrected chi connectivity index (χ3v) is 9.29. The number of halogens is 1. The highest BCUT2D eigenvalue weighted by Gasteiger charge is 2.46. The van der Waals surface area contributed by atoms with E-state index in [4.69, 9.17) is 16.3 Å². The van der Waals surface area contributed by atoms with Gasteiger partial charge in [0, 0.05) is 35.8 Å². The van der Waals surface area contributed by atoms with E-state index in [9.17, 15) is 13.2 Å². The number of fused-ring (bicyclic) bond motifs is 4. The number of hydrogen-bond acceptors (Lipinski definition) is 6. The first-order chi connectivity index (χ1) is 14.4. The van der Waals surface area contributed by atoms with Crippen molar-refractivity contribution in [3.8, 4) is 0 Å². The van der Waals surface area contributed by atoms with Crippen molar-refractivity contribution < 1.29 is 17.9 Å². The van der Waals surface area contributed by atoms with E-state index in [-0.39, 0.29) is 35.0 Å². The van der Waals surface area contributed by atoms with Crippen molar-refractivity contribution in [2.45, 2.75) is 43.0 Å². The average molecular weight is 465 g/mol. The van der Waals surface area contributed by atoms with Crippen LogP contribution in [0.2, 0.25) is 5.15 Å². The molecular formula is C19H17ClN4O4S2. The zero-order valence-corrected chi connectivity index (χ0v) is 18.1. The average Bonchev–Trinajstić information content (AvgIpc) is 3.24. The lowest BCUT2D eigenvalue weighted by Gasteiger charge is -2.40. The predicted molar refractivity (Wildman–Crippen MR) is 112 cm³/mol. The highest BCUT2D eigenvalue weighted by atomic mass is 35.5. The van der Waals surface area contributed by atoms with Crippen LogP contribution in [0.3, 0.4) is 0 Å². The van der Waals surface area contributed by atoms with Crippen molar-refractivity contribution >= 4 is 49.7 Å². The van der Waals surface area contributed by atoms with Gasteiger partial charge in [0.15, 0.2) is 15.1 Å². The number of thiazole rings is 1. The van der Waals surface area contributed by atoms with Gasteiger partial charge in [-0.1, -0.05) is 29.8 Å². The Morgan fingerprint density at radius 3 is 2.93 bits per heavy atom. The first-order valence-electron chi connectivity index (χ1n) is 9.65. The molecule has 0 radical (unpaired) electrons. The van der Waals surface area contributed by atoms with Crippen LogP contribution in [0.1, 0.15) is 24.0 Å². The molecule has 2 aromatic heterocycles. The first kappa shape index (κ1) is 18.6. The number of sulfonamides is 1. The predicted octanol–water partition coefficient (Wildman–Crippen LogP) is 3.28. The maximum atomic E-state index is 13.7. The van der Waals surface area contributed by atoms with Crippen molar-refractivity contribution in [3.63, 3.8) is 0 Å². The number of carbonyl (C=O) groups excluding carboxylic acids is 1. The van der Waals surface area contributed by atoms with Crippen LogP contribution in [0.4, 0.5) is 10.5 Å². The molecule has 30 heavy (non-hydrogen) atoms. The van der Waals surface area contributed by atoms with Gasteiger partial charge in [-0.3, -0.25) is 9.30 Å². The van der Waals surface area contributed by atoms with E-state index in [1.807, 2.05) is 18.2 Å². The van der Waals surface area contributed by atoms with Gasteiger partial charge in [-0.2, -0.15) is 4.31 Å². The maximum Gasteiger partial charge on any atom is 0.414 e. The summed E-state index contributed by atoms with van der Waals surface area (Å²) >= 11 is 7.59. The fourth-order valence-corrected chi connectivity index (χ4v) is 8.01. The maximum absolute atomic E-state index is 13.7. The molecule has 2 atom stereocenters. The number of anilines is 1. The Morgan fingerprint density at radius 1 is 1.23 bits per heavy atom. The van der Waals surface area contributed by atoms with E-state index in [2.05, 4.69) is 4.98 Å². The second kappa shape index (κ2) is 6.43. The molecule has 1 fully saturated rings. The number of imidazole rings is 1. The van der Waals surface area contributed by atoms with E-state index in [1.54, 1.807) is 20.8 Å². The van der Waals surface area contributed by atoms with Crippen molar-refractivity contribution in [2.75, 3.05) is 11.4 Å². The van der Waals surface area contributed by atoms with Gasteiger partial charge < -0.3 is 4.74 Å². The van der Waals surface area contributed by atoms with Crippen molar-refractivity contribution in [1.29, 1.82) is 0 Å². The number of hydrogen-bond donors (Lipinski definition) is 0. The molecule has 8 nitrogen and oxygen atoms in total. The smallest absolute Gasteiger partial charge is 0.414 e. The SMILES string of the molecule is O=C1OCc2cccc3c2N1C1CCN(S(=O)(=O)c2c(Cl)nc4sccn24)C(C3)C1. The van der Waals surface area contributed by atoms with Gasteiger partial charge in [0.05, 0.1) is 5.69 Å². The van der Waals surface area contributed by atoms with Crippen molar-refractivity contribution in [3.05, 3.63) is 46.1 Å². The molecule has 3 aliphatic rings. The molecule has 11 heteroatoms. The summed E-state index contributed by atoms with van der Waals surface area (Å²) < 4.78 is 35.8. The summed E-state index contributed by atoms with van der Waals surface area (Å²) in [6.07, 6.45) is 2.93. The van der Waals surface area contributed by atoms with Gasteiger partial charge in [-0.15, -0.1) is 11.3 Å². The van der Waals surface area contributed by atoms with Crippen LogP contribution in [-0.2, 0) is 27.8 Å². The normalized spacial score (nSPS) is 23.9. The van der Waals surface area contributed by atoms with Gasteiger partial charge in [0.2, 0.25) is 0 Å². The Balaban J connectivity index is 1.45. The van der Waals surface area contributed by atoms with E-state index >= 15 is 0 Å². The van der Waals surface area contributed by atoms with Crippen LogP contribution < -0.4 is 4.90 Å². The third kappa shape index (κ3) is 2.51. The van der Waals surface area contributed by atoms with Gasteiger partial charge in [-0.05, 0) is 24.8 Å². The number of carbonyl (C=O) groups is 1. The molecule has 1 aromatic carbocycles. The molecule has 2 bridgehead atoms. The van der Waals surface area contributed by atoms with Gasteiger partial charge in [0.25, 0.3) is 10.0 Å². The molecule has 2 unspecified atom stereocenters. The van der Waals surface area contributed by atoms with E-state index < -0.39 is 10.0 Å². The van der Waals surface area contributed by atoms with Crippen LogP contribution in [0.5, 0.6) is 0 Å². The quantitative estimate of drug-likeness (QED) is 0.581. The minimum Gasteiger partial charge on any atom is -0.444 e. The molecule has 3 aliphatic heterocycles. The number of aromatic nitrogens is 2. The van der Waals surface area contributed by atoms with Gasteiger partial charge >= 0.3 is 6.09 Å². The number of rotatable bonds is 2. The fourth-order valence-electron chi connectivity index (χ4n) is 4.95. The number of nitrogens with zero attached hydrogens (tertiary/aromatic N) is 4. The number of piperidine rings is 1. The highest BCUT2D eigenvalue weighted by Crippen LogP contribution is 2.42. The molecular weight excluding hydrogens is 448 g/mol. The minimum absolute atomic E-state index is 0.0107. The lowest BCUT2D eigenvalue weighted by Crippen LogP contribution is -2.53. The molecule has 5 heterocycles. The highest BCUT2D eigenvalue weighted by molar-refractivity contribution is 7.89. The Bertz CT molecular complexity index is 1300. The Labute approximate surface area is 181 Å². The number of cyclic esters (lactones) is 1. The number of benzene rings is 1. The summed E-state index contributed by atoms with van der Waals surface area (Å²) in [6.45, 7) is 0.554. The summed E-state index contributed by atoms with van der Waals surface area (Å²) in [5, 5.41) is 1.79. The third-order valence-electron chi connectivity index (χ3n) is 6.18. The second-order valence-corrected chi connectivity index (χ2v) is 10.8. The van der Waals surface area contributed by atoms with Crippen molar-refractivity contribution in [2.24, 2.45) is 0 Å². The van der Waals surface area contributed by atoms with E-state index in [1.165, 1.54) is 15.7 Å². The fraction of sp³-hybridized carbons (Fsp3) is 0.368. The first-order valence-corrected chi connectivity index (χ1v) is 12.3. The summed E-state index contributed by atoms with van der Waals surface area (Å²) in [4.78, 5) is 19.1. The van der Waals surface area contributed by atoms with E-state index in [0.717, 1.165) is 16.8 Å². The monoisotopic (exact) mass is 464 g/mol.